The summed E-state index contributed by atoms with van der Waals surface area (Å²) in [4.78, 5) is 0. The number of nitrogens with one attached hydrogen (secondary N) is 2. The lowest BCUT2D eigenvalue weighted by atomic mass is 10.1. The van der Waals surface area contributed by atoms with Crippen molar-refractivity contribution in [1.29, 1.82) is 0 Å². The molecule has 0 radical (unpaired) electrons. The minimum Gasteiger partial charge on any atom is -0.329 e. The van der Waals surface area contributed by atoms with Crippen molar-refractivity contribution in [3.05, 3.63) is 36.2 Å². The number of benzene rings is 1. The molecule has 4 N–H and O–H groups in total. The smallest absolute Gasteiger partial charge is 0.0966 e. The molecule has 0 fully saturated rings. The average Bonchev–Trinajstić information content (AvgIpc) is 3.11. The number of H-pyrrole nitrogens is 1. The highest BCUT2D eigenvalue weighted by atomic mass is 15.2. The summed E-state index contributed by atoms with van der Waals surface area (Å²) in [6.45, 7) is 3.43. The fraction of sp³-hybridized carbons (Fsp3) is 0.333. The van der Waals surface area contributed by atoms with Crippen molar-refractivity contribution in [3.8, 4) is 11.3 Å². The second kappa shape index (κ2) is 5.67. The molecule has 21 heavy (non-hydrogen) atoms. The molecular formula is C15H20N6. The normalized spacial score (nSPS) is 12.9. The molecule has 2 heterocycles. The predicted octanol–water partition coefficient (Wildman–Crippen LogP) is 1.40. The van der Waals surface area contributed by atoms with Crippen LogP contribution in [0.1, 0.15) is 12.5 Å². The van der Waals surface area contributed by atoms with Gasteiger partial charge >= 0.3 is 0 Å². The quantitative estimate of drug-likeness (QED) is 0.661. The summed E-state index contributed by atoms with van der Waals surface area (Å²) >= 11 is 0. The molecule has 1 aromatic carbocycles. The van der Waals surface area contributed by atoms with Crippen LogP contribution in [0.15, 0.2) is 30.6 Å². The van der Waals surface area contributed by atoms with Gasteiger partial charge in [0.1, 0.15) is 0 Å². The highest BCUT2D eigenvalue weighted by Gasteiger charge is 2.11. The summed E-state index contributed by atoms with van der Waals surface area (Å²) in [5, 5.41) is 16.1. The Labute approximate surface area is 123 Å². The molecule has 3 rings (SSSR count). The number of aromatic amines is 1. The van der Waals surface area contributed by atoms with Gasteiger partial charge in [0.25, 0.3) is 0 Å². The van der Waals surface area contributed by atoms with E-state index in [0.717, 1.165) is 34.3 Å². The van der Waals surface area contributed by atoms with E-state index in [2.05, 4.69) is 45.7 Å². The zero-order valence-electron chi connectivity index (χ0n) is 12.3. The Bertz CT molecular complexity index is 742. The zero-order valence-corrected chi connectivity index (χ0v) is 12.3. The van der Waals surface area contributed by atoms with Gasteiger partial charge in [-0.25, -0.2) is 0 Å². The molecule has 6 nitrogen and oxygen atoms in total. The van der Waals surface area contributed by atoms with E-state index in [-0.39, 0.29) is 6.04 Å². The molecule has 0 spiro atoms. The lowest BCUT2D eigenvalue weighted by Crippen LogP contribution is -2.32. The van der Waals surface area contributed by atoms with E-state index < -0.39 is 0 Å². The molecule has 0 amide bonds. The van der Waals surface area contributed by atoms with E-state index in [4.69, 9.17) is 5.73 Å². The molecule has 0 saturated carbocycles. The second-order valence-electron chi connectivity index (χ2n) is 5.32. The van der Waals surface area contributed by atoms with Gasteiger partial charge in [-0.3, -0.25) is 9.78 Å². The van der Waals surface area contributed by atoms with E-state index in [1.165, 1.54) is 0 Å². The molecule has 1 unspecified atom stereocenters. The third-order valence-corrected chi connectivity index (χ3v) is 3.74. The molecule has 0 aliphatic rings. The van der Waals surface area contributed by atoms with Gasteiger partial charge in [0.15, 0.2) is 0 Å². The van der Waals surface area contributed by atoms with Crippen LogP contribution in [-0.4, -0.2) is 32.6 Å². The molecule has 6 heteroatoms. The van der Waals surface area contributed by atoms with Crippen LogP contribution in [0.5, 0.6) is 0 Å². The van der Waals surface area contributed by atoms with Gasteiger partial charge in [-0.1, -0.05) is 12.1 Å². The van der Waals surface area contributed by atoms with Crippen LogP contribution >= 0.6 is 0 Å². The van der Waals surface area contributed by atoms with Crippen LogP contribution in [0.3, 0.4) is 0 Å². The van der Waals surface area contributed by atoms with Crippen molar-refractivity contribution < 1.29 is 0 Å². The molecule has 2 aromatic heterocycles. The molecule has 0 saturated heterocycles. The summed E-state index contributed by atoms with van der Waals surface area (Å²) in [6, 6.07) is 6.56. The molecular weight excluding hydrogens is 264 g/mol. The fourth-order valence-electron chi connectivity index (χ4n) is 2.36. The topological polar surface area (TPSA) is 84.5 Å². The van der Waals surface area contributed by atoms with E-state index in [1.807, 2.05) is 24.1 Å². The van der Waals surface area contributed by atoms with Crippen LogP contribution in [-0.2, 0) is 13.6 Å². The third-order valence-electron chi connectivity index (χ3n) is 3.74. The van der Waals surface area contributed by atoms with Gasteiger partial charge in [0, 0.05) is 48.9 Å². The van der Waals surface area contributed by atoms with Crippen molar-refractivity contribution in [2.24, 2.45) is 12.8 Å². The van der Waals surface area contributed by atoms with Gasteiger partial charge in [-0.05, 0) is 13.0 Å². The van der Waals surface area contributed by atoms with Crippen LogP contribution in [0.2, 0.25) is 0 Å². The Balaban J connectivity index is 1.91. The van der Waals surface area contributed by atoms with Gasteiger partial charge in [-0.2, -0.15) is 10.2 Å². The van der Waals surface area contributed by atoms with E-state index in [1.54, 1.807) is 0 Å². The SMILES string of the molecule is CC(CN)NCc1c[nH]nc1-c1ccc2cnn(C)c2c1. The fourth-order valence-corrected chi connectivity index (χ4v) is 2.36. The standard InChI is InChI=1S/C15H20N6/c1-10(6-16)17-7-13-8-18-20-15(13)11-3-4-12-9-19-21(2)14(12)5-11/h3-5,8-10,17H,6-7,16H2,1-2H3,(H,18,20). The van der Waals surface area contributed by atoms with Gasteiger partial charge in [0.05, 0.1) is 17.4 Å². The Morgan fingerprint density at radius 1 is 1.43 bits per heavy atom. The minimum atomic E-state index is 0.285. The first-order valence-electron chi connectivity index (χ1n) is 7.07. The predicted molar refractivity (Wildman–Crippen MR) is 83.7 cm³/mol. The Hall–Kier alpha value is -2.18. The number of hydrogen-bond acceptors (Lipinski definition) is 4. The molecule has 110 valence electrons. The number of fused-ring (bicyclic) bond motifs is 1. The highest BCUT2D eigenvalue weighted by molar-refractivity contribution is 5.84. The number of hydrogen-bond donors (Lipinski definition) is 3. The average molecular weight is 284 g/mol. The van der Waals surface area contributed by atoms with Crippen LogP contribution in [0, 0.1) is 0 Å². The molecule has 0 aliphatic heterocycles. The number of aryl methyl sites for hydroxylation is 1. The zero-order chi connectivity index (χ0) is 14.8. The van der Waals surface area contributed by atoms with E-state index in [0.29, 0.717) is 6.54 Å². The first kappa shape index (κ1) is 13.8. The largest absolute Gasteiger partial charge is 0.329 e. The minimum absolute atomic E-state index is 0.285. The number of rotatable bonds is 5. The summed E-state index contributed by atoms with van der Waals surface area (Å²) in [6.07, 6.45) is 3.80. The summed E-state index contributed by atoms with van der Waals surface area (Å²) in [7, 11) is 1.95. The molecule has 1 atom stereocenters. The summed E-state index contributed by atoms with van der Waals surface area (Å²) < 4.78 is 1.87. The Kier molecular flexibility index (Phi) is 3.72. The van der Waals surface area contributed by atoms with E-state index in [9.17, 15) is 0 Å². The first-order valence-corrected chi connectivity index (χ1v) is 7.07. The number of nitrogens with zero attached hydrogens (tertiary/aromatic N) is 3. The van der Waals surface area contributed by atoms with Crippen molar-refractivity contribution in [3.63, 3.8) is 0 Å². The summed E-state index contributed by atoms with van der Waals surface area (Å²) in [5.41, 5.74) is 9.92. The lowest BCUT2D eigenvalue weighted by molar-refractivity contribution is 0.557. The second-order valence-corrected chi connectivity index (χ2v) is 5.32. The van der Waals surface area contributed by atoms with E-state index >= 15 is 0 Å². The third kappa shape index (κ3) is 2.68. The number of aromatic nitrogens is 4. The highest BCUT2D eigenvalue weighted by Crippen LogP contribution is 2.25. The molecule has 0 aliphatic carbocycles. The maximum atomic E-state index is 5.63. The van der Waals surface area contributed by atoms with Crippen molar-refractivity contribution >= 4 is 10.9 Å². The number of nitrogens with two attached hydrogens (primary N) is 1. The Morgan fingerprint density at radius 2 is 2.29 bits per heavy atom. The van der Waals surface area contributed by atoms with Gasteiger partial charge in [-0.15, -0.1) is 0 Å². The maximum absolute atomic E-state index is 5.63. The monoisotopic (exact) mass is 284 g/mol. The van der Waals surface area contributed by atoms with Gasteiger partial charge < -0.3 is 11.1 Å². The van der Waals surface area contributed by atoms with Crippen molar-refractivity contribution in [2.45, 2.75) is 19.5 Å². The molecule has 0 bridgehead atoms. The summed E-state index contributed by atoms with van der Waals surface area (Å²) in [5.74, 6) is 0. The van der Waals surface area contributed by atoms with Crippen LogP contribution in [0.4, 0.5) is 0 Å². The first-order chi connectivity index (χ1) is 10.2. The van der Waals surface area contributed by atoms with Crippen LogP contribution < -0.4 is 11.1 Å². The maximum Gasteiger partial charge on any atom is 0.0966 e. The van der Waals surface area contributed by atoms with Crippen molar-refractivity contribution in [1.82, 2.24) is 25.3 Å². The molecule has 3 aromatic rings. The Morgan fingerprint density at radius 3 is 3.10 bits per heavy atom. The van der Waals surface area contributed by atoms with Gasteiger partial charge in [0.2, 0.25) is 0 Å². The van der Waals surface area contributed by atoms with Crippen LogP contribution in [0.25, 0.3) is 22.2 Å². The lowest BCUT2D eigenvalue weighted by Gasteiger charge is -2.11. The van der Waals surface area contributed by atoms with Crippen molar-refractivity contribution in [2.75, 3.05) is 6.54 Å².